The number of nitrogens with one attached hydrogen (secondary N) is 1. The summed E-state index contributed by atoms with van der Waals surface area (Å²) < 4.78 is 13.5. The lowest BCUT2D eigenvalue weighted by atomic mass is 9.95. The average molecular weight is 204 g/mol. The molecule has 1 aliphatic rings. The van der Waals surface area contributed by atoms with Gasteiger partial charge in [0.05, 0.1) is 0 Å². The molecule has 2 radical (unpaired) electrons. The highest BCUT2D eigenvalue weighted by atomic mass is 19.1. The molecule has 0 amide bonds. The van der Waals surface area contributed by atoms with Gasteiger partial charge >= 0.3 is 0 Å². The topological polar surface area (TPSA) is 15.3 Å². The van der Waals surface area contributed by atoms with Gasteiger partial charge in [-0.15, -0.1) is 0 Å². The molecule has 1 aromatic carbocycles. The number of rotatable bonds is 2. The largest absolute Gasteiger partial charge is 0.314 e. The Hall–Kier alpha value is -0.865. The van der Waals surface area contributed by atoms with Crippen molar-refractivity contribution < 1.29 is 4.39 Å². The van der Waals surface area contributed by atoms with Crippen LogP contribution < -0.4 is 10.8 Å². The Kier molecular flexibility index (Phi) is 3.39. The van der Waals surface area contributed by atoms with Gasteiger partial charge in [-0.3, -0.25) is 4.90 Å². The Morgan fingerprint density at radius 2 is 2.07 bits per heavy atom. The Morgan fingerprint density at radius 1 is 1.33 bits per heavy atom. The summed E-state index contributed by atoms with van der Waals surface area (Å²) in [5, 5.41) is 3.27. The van der Waals surface area contributed by atoms with Crippen molar-refractivity contribution in [3.63, 3.8) is 0 Å². The van der Waals surface area contributed by atoms with E-state index in [0.29, 0.717) is 12.0 Å². The zero-order valence-electron chi connectivity index (χ0n) is 8.67. The number of halogens is 1. The van der Waals surface area contributed by atoms with Crippen LogP contribution in [0.2, 0.25) is 0 Å². The summed E-state index contributed by atoms with van der Waals surface area (Å²) in [6.45, 7) is 4.59. The minimum absolute atomic E-state index is 0.200. The van der Waals surface area contributed by atoms with Crippen molar-refractivity contribution in [1.82, 2.24) is 10.2 Å². The van der Waals surface area contributed by atoms with Crippen LogP contribution in [0.3, 0.4) is 0 Å². The first-order chi connectivity index (χ1) is 7.25. The van der Waals surface area contributed by atoms with E-state index in [9.17, 15) is 4.39 Å². The first-order valence-electron chi connectivity index (χ1n) is 5.23. The zero-order valence-corrected chi connectivity index (χ0v) is 8.67. The number of benzene rings is 1. The third-order valence-electron chi connectivity index (χ3n) is 2.68. The molecule has 0 atom stereocenters. The molecule has 0 aromatic heterocycles. The third kappa shape index (κ3) is 2.80. The van der Waals surface area contributed by atoms with Crippen molar-refractivity contribution in [1.29, 1.82) is 0 Å². The standard InChI is InChI=1S/C11H14BFN2/c12-10-2-1-9(11(13)7-10)8-15-5-3-14-4-6-15/h1-2,7,14H,3-6,8H2. The molecular formula is C11H14BFN2. The fourth-order valence-electron chi connectivity index (χ4n) is 1.80. The van der Waals surface area contributed by atoms with E-state index in [1.54, 1.807) is 12.1 Å². The summed E-state index contributed by atoms with van der Waals surface area (Å²) in [5.74, 6) is -0.200. The Bertz CT molecular complexity index is 337. The summed E-state index contributed by atoms with van der Waals surface area (Å²) in [5.41, 5.74) is 1.21. The molecule has 1 aliphatic heterocycles. The van der Waals surface area contributed by atoms with Crippen molar-refractivity contribution in [2.45, 2.75) is 6.54 Å². The molecule has 4 heteroatoms. The summed E-state index contributed by atoms with van der Waals surface area (Å²) in [4.78, 5) is 2.24. The zero-order chi connectivity index (χ0) is 10.7. The fraction of sp³-hybridized carbons (Fsp3) is 0.455. The first-order valence-corrected chi connectivity index (χ1v) is 5.23. The van der Waals surface area contributed by atoms with E-state index >= 15 is 0 Å². The van der Waals surface area contributed by atoms with Crippen LogP contribution in [0.4, 0.5) is 4.39 Å². The fourth-order valence-corrected chi connectivity index (χ4v) is 1.80. The summed E-state index contributed by atoms with van der Waals surface area (Å²) in [7, 11) is 5.50. The van der Waals surface area contributed by atoms with E-state index in [1.165, 1.54) is 6.07 Å². The molecule has 1 aromatic rings. The van der Waals surface area contributed by atoms with Gasteiger partial charge in [0, 0.05) is 38.3 Å². The van der Waals surface area contributed by atoms with Gasteiger partial charge in [0.25, 0.3) is 0 Å². The van der Waals surface area contributed by atoms with Gasteiger partial charge in [0.1, 0.15) is 13.7 Å². The highest BCUT2D eigenvalue weighted by Gasteiger charge is 2.11. The van der Waals surface area contributed by atoms with Gasteiger partial charge in [0.15, 0.2) is 0 Å². The van der Waals surface area contributed by atoms with Gasteiger partial charge in [-0.05, 0) is 6.07 Å². The molecule has 1 fully saturated rings. The second-order valence-corrected chi connectivity index (χ2v) is 3.88. The van der Waals surface area contributed by atoms with Crippen LogP contribution in [0, 0.1) is 5.82 Å². The lowest BCUT2D eigenvalue weighted by Gasteiger charge is -2.27. The second-order valence-electron chi connectivity index (χ2n) is 3.88. The van der Waals surface area contributed by atoms with Crippen LogP contribution >= 0.6 is 0 Å². The van der Waals surface area contributed by atoms with Crippen LogP contribution in [0.1, 0.15) is 5.56 Å². The molecule has 1 heterocycles. The molecule has 1 N–H and O–H groups in total. The Balaban J connectivity index is 2.03. The van der Waals surface area contributed by atoms with Gasteiger partial charge in [-0.2, -0.15) is 0 Å². The Morgan fingerprint density at radius 3 is 2.73 bits per heavy atom. The maximum absolute atomic E-state index is 13.5. The van der Waals surface area contributed by atoms with Gasteiger partial charge in [0.2, 0.25) is 0 Å². The summed E-state index contributed by atoms with van der Waals surface area (Å²) >= 11 is 0. The van der Waals surface area contributed by atoms with Gasteiger partial charge < -0.3 is 5.32 Å². The predicted octanol–water partition coefficient (Wildman–Crippen LogP) is 0.0247. The molecule has 78 valence electrons. The predicted molar refractivity (Wildman–Crippen MR) is 59.9 cm³/mol. The lowest BCUT2D eigenvalue weighted by Crippen LogP contribution is -2.43. The molecule has 2 nitrogen and oxygen atoms in total. The highest BCUT2D eigenvalue weighted by molar-refractivity contribution is 6.32. The molecule has 0 aliphatic carbocycles. The highest BCUT2D eigenvalue weighted by Crippen LogP contribution is 2.09. The quantitative estimate of drug-likeness (QED) is 0.683. The maximum atomic E-state index is 13.5. The van der Waals surface area contributed by atoms with Gasteiger partial charge in [-0.25, -0.2) is 4.39 Å². The average Bonchev–Trinajstić information content (AvgIpc) is 2.24. The van der Waals surface area contributed by atoms with E-state index in [0.717, 1.165) is 31.7 Å². The van der Waals surface area contributed by atoms with Crippen molar-refractivity contribution in [2.24, 2.45) is 0 Å². The van der Waals surface area contributed by atoms with E-state index in [-0.39, 0.29) is 5.82 Å². The smallest absolute Gasteiger partial charge is 0.127 e. The molecule has 0 unspecified atom stereocenters. The van der Waals surface area contributed by atoms with Crippen LogP contribution in [0.25, 0.3) is 0 Å². The maximum Gasteiger partial charge on any atom is 0.127 e. The number of hydrogen-bond acceptors (Lipinski definition) is 2. The SMILES string of the molecule is [B]c1ccc(CN2CCNCC2)c(F)c1. The normalized spacial score (nSPS) is 17.9. The summed E-state index contributed by atoms with van der Waals surface area (Å²) in [6.07, 6.45) is 0. The van der Waals surface area contributed by atoms with Crippen molar-refractivity contribution in [3.05, 3.63) is 29.6 Å². The molecule has 0 bridgehead atoms. The first kappa shape index (κ1) is 10.6. The molecule has 2 rings (SSSR count). The van der Waals surface area contributed by atoms with Gasteiger partial charge in [-0.1, -0.05) is 17.6 Å². The minimum atomic E-state index is -0.200. The molecule has 0 saturated carbocycles. The van der Waals surface area contributed by atoms with Crippen LogP contribution in [-0.2, 0) is 6.54 Å². The number of hydrogen-bond donors (Lipinski definition) is 1. The number of nitrogens with zero attached hydrogens (tertiary/aromatic N) is 1. The van der Waals surface area contributed by atoms with Crippen molar-refractivity contribution in [2.75, 3.05) is 26.2 Å². The van der Waals surface area contributed by atoms with E-state index in [4.69, 9.17) is 7.85 Å². The lowest BCUT2D eigenvalue weighted by molar-refractivity contribution is 0.230. The molecule has 1 saturated heterocycles. The van der Waals surface area contributed by atoms with Crippen LogP contribution in [-0.4, -0.2) is 38.9 Å². The monoisotopic (exact) mass is 204 g/mol. The summed E-state index contributed by atoms with van der Waals surface area (Å²) in [6, 6.07) is 4.91. The minimum Gasteiger partial charge on any atom is -0.314 e. The van der Waals surface area contributed by atoms with E-state index in [1.807, 2.05) is 0 Å². The second kappa shape index (κ2) is 4.77. The van der Waals surface area contributed by atoms with Crippen LogP contribution in [0.5, 0.6) is 0 Å². The van der Waals surface area contributed by atoms with Crippen LogP contribution in [0.15, 0.2) is 18.2 Å². The molecule has 0 spiro atoms. The molecular weight excluding hydrogens is 190 g/mol. The van der Waals surface area contributed by atoms with Crippen molar-refractivity contribution in [3.8, 4) is 0 Å². The van der Waals surface area contributed by atoms with E-state index in [2.05, 4.69) is 10.2 Å². The van der Waals surface area contributed by atoms with E-state index < -0.39 is 0 Å². The number of piperazine rings is 1. The molecule has 15 heavy (non-hydrogen) atoms. The van der Waals surface area contributed by atoms with Crippen molar-refractivity contribution >= 4 is 13.3 Å². The Labute approximate surface area is 90.9 Å². The third-order valence-corrected chi connectivity index (χ3v) is 2.68.